The Labute approximate surface area is 180 Å². The number of rotatable bonds is 8. The number of aromatic hydroxyl groups is 1. The molecule has 0 bridgehead atoms. The first kappa shape index (κ1) is 23.8. The van der Waals surface area contributed by atoms with E-state index in [1.807, 2.05) is 18.2 Å². The quantitative estimate of drug-likeness (QED) is 0.297. The maximum Gasteiger partial charge on any atom is 0.194 e. The molecule has 3 N–H and O–H groups in total. The van der Waals surface area contributed by atoms with Gasteiger partial charge in [0.1, 0.15) is 5.75 Å². The maximum atomic E-state index is 10.1. The van der Waals surface area contributed by atoms with Crippen LogP contribution in [0.5, 0.6) is 5.75 Å². The molecule has 1 unspecified atom stereocenters. The number of hydrogen-bond acceptors (Lipinski definition) is 4. The zero-order valence-corrected chi connectivity index (χ0v) is 18.9. The van der Waals surface area contributed by atoms with Crippen LogP contribution in [-0.2, 0) is 0 Å². The highest BCUT2D eigenvalue weighted by Crippen LogP contribution is 2.27. The number of aliphatic hydroxyl groups is 1. The maximum absolute atomic E-state index is 10.1. The summed E-state index contributed by atoms with van der Waals surface area (Å²) in [5.41, 5.74) is 0.903. The molecule has 0 spiro atoms. The predicted molar refractivity (Wildman–Crippen MR) is 123 cm³/mol. The summed E-state index contributed by atoms with van der Waals surface area (Å²) in [6, 6.07) is 7.52. The first-order valence-electron chi connectivity index (χ1n) is 9.86. The van der Waals surface area contributed by atoms with E-state index in [1.165, 1.54) is 0 Å². The average molecular weight is 490 g/mol. The number of aliphatic hydroxyl groups excluding tert-OH is 1. The van der Waals surface area contributed by atoms with Gasteiger partial charge in [-0.05, 0) is 37.8 Å². The van der Waals surface area contributed by atoms with Crippen LogP contribution < -0.4 is 10.2 Å². The Balaban J connectivity index is 0.00000364. The summed E-state index contributed by atoms with van der Waals surface area (Å²) < 4.78 is 0. The number of nitrogens with one attached hydrogen (secondary N) is 1. The molecule has 1 atom stereocenters. The third-order valence-corrected chi connectivity index (χ3v) is 4.87. The van der Waals surface area contributed by atoms with Crippen molar-refractivity contribution in [2.45, 2.75) is 33.1 Å². The Morgan fingerprint density at radius 1 is 1.15 bits per heavy atom. The van der Waals surface area contributed by atoms with E-state index in [9.17, 15) is 10.2 Å². The summed E-state index contributed by atoms with van der Waals surface area (Å²) in [5.74, 6) is 1.75. The Kier molecular flexibility index (Phi) is 11.5. The van der Waals surface area contributed by atoms with E-state index in [-0.39, 0.29) is 30.6 Å². The van der Waals surface area contributed by atoms with Crippen molar-refractivity contribution in [2.75, 3.05) is 50.8 Å². The van der Waals surface area contributed by atoms with Gasteiger partial charge >= 0.3 is 0 Å². The topological polar surface area (TPSA) is 71.3 Å². The smallest absolute Gasteiger partial charge is 0.194 e. The van der Waals surface area contributed by atoms with Crippen molar-refractivity contribution in [3.05, 3.63) is 24.3 Å². The molecule has 1 aromatic rings. The van der Waals surface area contributed by atoms with Crippen LogP contribution in [0.1, 0.15) is 33.1 Å². The predicted octanol–water partition coefficient (Wildman–Crippen LogP) is 2.90. The van der Waals surface area contributed by atoms with E-state index in [4.69, 9.17) is 4.99 Å². The molecule has 1 heterocycles. The largest absolute Gasteiger partial charge is 0.506 e. The van der Waals surface area contributed by atoms with Crippen molar-refractivity contribution in [3.8, 4) is 5.75 Å². The fourth-order valence-electron chi connectivity index (χ4n) is 3.45. The molecule has 1 fully saturated rings. The van der Waals surface area contributed by atoms with Crippen molar-refractivity contribution >= 4 is 35.6 Å². The van der Waals surface area contributed by atoms with Crippen LogP contribution in [0.15, 0.2) is 29.3 Å². The second-order valence-electron chi connectivity index (χ2n) is 6.82. The fourth-order valence-corrected chi connectivity index (χ4v) is 3.45. The first-order chi connectivity index (χ1) is 12.7. The average Bonchev–Trinajstić information content (AvgIpc) is 2.66. The highest BCUT2D eigenvalue weighted by atomic mass is 127. The summed E-state index contributed by atoms with van der Waals surface area (Å²) in [5, 5.41) is 22.7. The molecule has 1 aromatic carbocycles. The molecule has 1 saturated heterocycles. The Morgan fingerprint density at radius 2 is 1.85 bits per heavy atom. The van der Waals surface area contributed by atoms with Gasteiger partial charge in [-0.15, -0.1) is 24.0 Å². The third kappa shape index (κ3) is 7.37. The molecule has 154 valence electrons. The molecule has 0 amide bonds. The minimum absolute atomic E-state index is 0. The standard InChI is InChI=1S/C20H34N4O2.HI/c1-3-7-17(10-15-25)16-22-20(21-4-2)24-13-11-23(12-14-24)18-8-5-6-9-19(18)26;/h5-6,8-9,17,25-26H,3-4,7,10-16H2,1-2H3,(H,21,22);1H. The highest BCUT2D eigenvalue weighted by Gasteiger charge is 2.21. The van der Waals surface area contributed by atoms with Gasteiger partial charge in [0.2, 0.25) is 0 Å². The minimum Gasteiger partial charge on any atom is -0.506 e. The van der Waals surface area contributed by atoms with Gasteiger partial charge in [-0.25, -0.2) is 0 Å². The number of halogens is 1. The molecule has 1 aliphatic rings. The van der Waals surface area contributed by atoms with E-state index >= 15 is 0 Å². The molecule has 2 rings (SSSR count). The zero-order chi connectivity index (χ0) is 18.8. The van der Waals surface area contributed by atoms with Crippen LogP contribution in [0.25, 0.3) is 0 Å². The van der Waals surface area contributed by atoms with Gasteiger partial charge in [-0.3, -0.25) is 4.99 Å². The molecular weight excluding hydrogens is 455 g/mol. The Morgan fingerprint density at radius 3 is 2.44 bits per heavy atom. The lowest BCUT2D eigenvalue weighted by Gasteiger charge is -2.38. The number of phenols is 1. The summed E-state index contributed by atoms with van der Waals surface area (Å²) in [6.07, 6.45) is 3.04. The lowest BCUT2D eigenvalue weighted by molar-refractivity contribution is 0.253. The molecule has 0 radical (unpaired) electrons. The van der Waals surface area contributed by atoms with Crippen molar-refractivity contribution in [3.63, 3.8) is 0 Å². The highest BCUT2D eigenvalue weighted by molar-refractivity contribution is 14.0. The number of guanidine groups is 1. The first-order valence-corrected chi connectivity index (χ1v) is 9.86. The number of piperazine rings is 1. The number of aliphatic imine (C=N–C) groups is 1. The molecular formula is C20H35IN4O2. The van der Waals surface area contributed by atoms with Crippen molar-refractivity contribution < 1.29 is 10.2 Å². The lowest BCUT2D eigenvalue weighted by atomic mass is 10.0. The summed E-state index contributed by atoms with van der Waals surface area (Å²) in [6.45, 7) is 9.57. The van der Waals surface area contributed by atoms with Crippen LogP contribution in [0.4, 0.5) is 5.69 Å². The molecule has 0 aliphatic carbocycles. The second kappa shape index (κ2) is 13.0. The van der Waals surface area contributed by atoms with Gasteiger partial charge in [0.05, 0.1) is 5.69 Å². The lowest BCUT2D eigenvalue weighted by Crippen LogP contribution is -2.52. The molecule has 6 nitrogen and oxygen atoms in total. The second-order valence-corrected chi connectivity index (χ2v) is 6.82. The van der Waals surface area contributed by atoms with Gasteiger partial charge in [0, 0.05) is 45.9 Å². The van der Waals surface area contributed by atoms with E-state index in [0.29, 0.717) is 11.7 Å². The van der Waals surface area contributed by atoms with Gasteiger partial charge in [-0.1, -0.05) is 25.5 Å². The van der Waals surface area contributed by atoms with Crippen LogP contribution in [-0.4, -0.2) is 66.9 Å². The minimum atomic E-state index is 0. The number of hydrogen-bond donors (Lipinski definition) is 3. The number of phenolic OH excluding ortho intramolecular Hbond substituents is 1. The SMILES string of the molecule is CCCC(CCO)CN=C(NCC)N1CCN(c2ccccc2O)CC1.I. The van der Waals surface area contributed by atoms with Gasteiger partial charge in [-0.2, -0.15) is 0 Å². The van der Waals surface area contributed by atoms with Crippen LogP contribution >= 0.6 is 24.0 Å². The summed E-state index contributed by atoms with van der Waals surface area (Å²) in [4.78, 5) is 9.36. The number of nitrogens with zero attached hydrogens (tertiary/aromatic N) is 3. The zero-order valence-electron chi connectivity index (χ0n) is 16.6. The van der Waals surface area contributed by atoms with E-state index < -0.39 is 0 Å². The van der Waals surface area contributed by atoms with Gasteiger partial charge < -0.3 is 25.3 Å². The van der Waals surface area contributed by atoms with Crippen molar-refractivity contribution in [1.29, 1.82) is 0 Å². The van der Waals surface area contributed by atoms with Crippen LogP contribution in [0.2, 0.25) is 0 Å². The Hall–Kier alpha value is -1.22. The number of anilines is 1. The van der Waals surface area contributed by atoms with Crippen LogP contribution in [0, 0.1) is 5.92 Å². The Bertz CT molecular complexity index is 557. The van der Waals surface area contributed by atoms with Gasteiger partial charge in [0.15, 0.2) is 5.96 Å². The molecule has 0 aromatic heterocycles. The number of benzene rings is 1. The summed E-state index contributed by atoms with van der Waals surface area (Å²) in [7, 11) is 0. The monoisotopic (exact) mass is 490 g/mol. The summed E-state index contributed by atoms with van der Waals surface area (Å²) >= 11 is 0. The molecule has 1 aliphatic heterocycles. The van der Waals surface area contributed by atoms with Crippen molar-refractivity contribution in [2.24, 2.45) is 10.9 Å². The van der Waals surface area contributed by atoms with Gasteiger partial charge in [0.25, 0.3) is 0 Å². The number of para-hydroxylation sites is 2. The van der Waals surface area contributed by atoms with E-state index in [2.05, 4.69) is 29.0 Å². The fraction of sp³-hybridized carbons (Fsp3) is 0.650. The van der Waals surface area contributed by atoms with E-state index in [0.717, 1.165) is 70.2 Å². The molecule has 7 heteroatoms. The third-order valence-electron chi connectivity index (χ3n) is 4.87. The normalized spacial score (nSPS) is 16.0. The van der Waals surface area contributed by atoms with E-state index in [1.54, 1.807) is 6.07 Å². The molecule has 27 heavy (non-hydrogen) atoms. The molecule has 0 saturated carbocycles. The van der Waals surface area contributed by atoms with Crippen molar-refractivity contribution in [1.82, 2.24) is 10.2 Å². The van der Waals surface area contributed by atoms with Crippen LogP contribution in [0.3, 0.4) is 0 Å².